The van der Waals surface area contributed by atoms with Gasteiger partial charge in [0, 0.05) is 37.3 Å². The summed E-state index contributed by atoms with van der Waals surface area (Å²) in [7, 11) is 0. The van der Waals surface area contributed by atoms with E-state index in [1.54, 1.807) is 18.5 Å². The maximum absolute atomic E-state index is 12.4. The summed E-state index contributed by atoms with van der Waals surface area (Å²) in [6, 6.07) is 3.63. The van der Waals surface area contributed by atoms with Crippen LogP contribution in [0.1, 0.15) is 16.9 Å². The lowest BCUT2D eigenvalue weighted by molar-refractivity contribution is -0.0360. The fraction of sp³-hybridized carbons (Fsp3) is 0.400. The van der Waals surface area contributed by atoms with Gasteiger partial charge in [-0.1, -0.05) is 0 Å². The zero-order valence-corrected chi connectivity index (χ0v) is 13.4. The Morgan fingerprint density at radius 1 is 1.41 bits per heavy atom. The molecule has 1 unspecified atom stereocenters. The zero-order chi connectivity index (χ0) is 15.2. The molecule has 2 aliphatic rings. The highest BCUT2D eigenvalue weighted by Gasteiger charge is 2.45. The number of nitrogens with zero attached hydrogens (tertiary/aromatic N) is 2. The average molecular weight is 363 g/mol. The first-order valence-electron chi connectivity index (χ1n) is 7.21. The average Bonchev–Trinajstić information content (AvgIpc) is 2.92. The van der Waals surface area contributed by atoms with Crippen LogP contribution < -0.4 is 10.6 Å². The molecule has 0 radical (unpaired) electrons. The SMILES string of the molecule is O=C(NC1COC2(CNC2)C1)c1ccc2cncc(Br)c2n1. The molecule has 2 N–H and O–H groups in total. The number of hydrogen-bond acceptors (Lipinski definition) is 5. The lowest BCUT2D eigenvalue weighted by Gasteiger charge is -2.38. The van der Waals surface area contributed by atoms with E-state index in [0.29, 0.717) is 12.3 Å². The molecule has 6 nitrogen and oxygen atoms in total. The Bertz CT molecular complexity index is 747. The van der Waals surface area contributed by atoms with Crippen LogP contribution in [0.3, 0.4) is 0 Å². The molecule has 0 saturated carbocycles. The molecule has 2 aromatic heterocycles. The van der Waals surface area contributed by atoms with Gasteiger partial charge < -0.3 is 15.4 Å². The molecule has 22 heavy (non-hydrogen) atoms. The molecule has 7 heteroatoms. The molecule has 1 spiro atoms. The summed E-state index contributed by atoms with van der Waals surface area (Å²) >= 11 is 3.42. The van der Waals surface area contributed by atoms with E-state index in [-0.39, 0.29) is 17.6 Å². The van der Waals surface area contributed by atoms with Crippen molar-refractivity contribution in [1.29, 1.82) is 0 Å². The van der Waals surface area contributed by atoms with Crippen LogP contribution >= 0.6 is 15.9 Å². The monoisotopic (exact) mass is 362 g/mol. The number of nitrogens with one attached hydrogen (secondary N) is 2. The first kappa shape index (κ1) is 14.0. The van der Waals surface area contributed by atoms with Crippen LogP contribution in [0, 0.1) is 0 Å². The van der Waals surface area contributed by atoms with E-state index in [1.165, 1.54) is 0 Å². The van der Waals surface area contributed by atoms with E-state index in [1.807, 2.05) is 6.07 Å². The first-order valence-corrected chi connectivity index (χ1v) is 8.00. The minimum Gasteiger partial charge on any atom is -0.370 e. The molecule has 1 amide bonds. The highest BCUT2D eigenvalue weighted by atomic mass is 79.9. The van der Waals surface area contributed by atoms with Gasteiger partial charge in [0.25, 0.3) is 5.91 Å². The summed E-state index contributed by atoms with van der Waals surface area (Å²) in [6.45, 7) is 2.30. The lowest BCUT2D eigenvalue weighted by atomic mass is 9.92. The first-order chi connectivity index (χ1) is 10.7. The number of rotatable bonds is 2. The van der Waals surface area contributed by atoms with Crippen LogP contribution in [-0.2, 0) is 4.74 Å². The van der Waals surface area contributed by atoms with Gasteiger partial charge in [0.05, 0.1) is 28.2 Å². The maximum atomic E-state index is 12.4. The Labute approximate surface area is 135 Å². The van der Waals surface area contributed by atoms with Crippen LogP contribution in [0.2, 0.25) is 0 Å². The molecule has 0 bridgehead atoms. The van der Waals surface area contributed by atoms with Gasteiger partial charge in [-0.3, -0.25) is 9.78 Å². The number of aromatic nitrogens is 2. The topological polar surface area (TPSA) is 76.1 Å². The lowest BCUT2D eigenvalue weighted by Crippen LogP contribution is -2.59. The van der Waals surface area contributed by atoms with Crippen molar-refractivity contribution in [1.82, 2.24) is 20.6 Å². The number of carbonyl (C=O) groups is 1. The van der Waals surface area contributed by atoms with Crippen molar-refractivity contribution < 1.29 is 9.53 Å². The van der Waals surface area contributed by atoms with Crippen molar-refractivity contribution in [2.24, 2.45) is 0 Å². The summed E-state index contributed by atoms with van der Waals surface area (Å²) < 4.78 is 6.58. The smallest absolute Gasteiger partial charge is 0.270 e. The van der Waals surface area contributed by atoms with Gasteiger partial charge in [-0.15, -0.1) is 0 Å². The number of amides is 1. The van der Waals surface area contributed by atoms with Crippen LogP contribution in [0.4, 0.5) is 0 Å². The van der Waals surface area contributed by atoms with E-state index >= 15 is 0 Å². The number of hydrogen-bond donors (Lipinski definition) is 2. The molecule has 114 valence electrons. The number of carbonyl (C=O) groups excluding carboxylic acids is 1. The standard InChI is InChI=1S/C15H15BrN4O2/c16-11-5-17-4-9-1-2-12(20-13(9)11)14(21)19-10-3-15(22-6-10)7-18-8-15/h1-2,4-5,10,18H,3,6-8H2,(H,19,21). The second-order valence-corrected chi connectivity index (χ2v) is 6.72. The van der Waals surface area contributed by atoms with Gasteiger partial charge in [-0.05, 0) is 28.1 Å². The van der Waals surface area contributed by atoms with Crippen LogP contribution in [-0.4, -0.2) is 47.2 Å². The predicted molar refractivity (Wildman–Crippen MR) is 84.7 cm³/mol. The van der Waals surface area contributed by atoms with E-state index in [9.17, 15) is 4.79 Å². The molecule has 0 aliphatic carbocycles. The van der Waals surface area contributed by atoms with Gasteiger partial charge in [0.1, 0.15) is 5.69 Å². The Morgan fingerprint density at radius 2 is 2.27 bits per heavy atom. The van der Waals surface area contributed by atoms with Gasteiger partial charge in [-0.25, -0.2) is 4.98 Å². The number of halogens is 1. The van der Waals surface area contributed by atoms with Crippen molar-refractivity contribution >= 4 is 32.7 Å². The van der Waals surface area contributed by atoms with Gasteiger partial charge in [-0.2, -0.15) is 0 Å². The fourth-order valence-corrected chi connectivity index (χ4v) is 3.42. The molecule has 2 fully saturated rings. The van der Waals surface area contributed by atoms with Crippen molar-refractivity contribution in [3.8, 4) is 0 Å². The zero-order valence-electron chi connectivity index (χ0n) is 11.8. The number of ether oxygens (including phenoxy) is 1. The van der Waals surface area contributed by atoms with Crippen LogP contribution in [0.25, 0.3) is 10.9 Å². The third-order valence-electron chi connectivity index (χ3n) is 4.23. The molecule has 0 aromatic carbocycles. The maximum Gasteiger partial charge on any atom is 0.270 e. The van der Waals surface area contributed by atoms with E-state index in [0.717, 1.165) is 34.9 Å². The molecule has 1 atom stereocenters. The summed E-state index contributed by atoms with van der Waals surface area (Å²) in [5.41, 5.74) is 1.08. The number of pyridine rings is 2. The summed E-state index contributed by atoms with van der Waals surface area (Å²) in [5, 5.41) is 7.13. The second kappa shape index (κ2) is 5.26. The van der Waals surface area contributed by atoms with Crippen molar-refractivity contribution in [3.05, 3.63) is 34.7 Å². The van der Waals surface area contributed by atoms with Crippen molar-refractivity contribution in [2.45, 2.75) is 18.1 Å². The third-order valence-corrected chi connectivity index (χ3v) is 4.81. The summed E-state index contributed by atoms with van der Waals surface area (Å²) in [4.78, 5) is 20.9. The summed E-state index contributed by atoms with van der Waals surface area (Å²) in [6.07, 6.45) is 4.26. The Kier molecular flexibility index (Phi) is 3.36. The second-order valence-electron chi connectivity index (χ2n) is 5.86. The fourth-order valence-electron chi connectivity index (χ4n) is 2.98. The van der Waals surface area contributed by atoms with Crippen molar-refractivity contribution in [2.75, 3.05) is 19.7 Å². The van der Waals surface area contributed by atoms with Crippen LogP contribution in [0.15, 0.2) is 29.0 Å². The predicted octanol–water partition coefficient (Wildman–Crippen LogP) is 1.25. The molecular formula is C15H15BrN4O2. The van der Waals surface area contributed by atoms with Gasteiger partial charge in [0.15, 0.2) is 0 Å². The molecule has 2 aromatic rings. The van der Waals surface area contributed by atoms with Crippen LogP contribution in [0.5, 0.6) is 0 Å². The molecule has 4 heterocycles. The normalized spacial score (nSPS) is 22.7. The Hall–Kier alpha value is -1.57. The quantitative estimate of drug-likeness (QED) is 0.840. The largest absolute Gasteiger partial charge is 0.370 e. The number of fused-ring (bicyclic) bond motifs is 1. The van der Waals surface area contributed by atoms with Crippen molar-refractivity contribution in [3.63, 3.8) is 0 Å². The highest BCUT2D eigenvalue weighted by molar-refractivity contribution is 9.10. The Balaban J connectivity index is 1.52. The minimum absolute atomic E-state index is 0.0491. The van der Waals surface area contributed by atoms with E-state index < -0.39 is 0 Å². The van der Waals surface area contributed by atoms with Gasteiger partial charge in [0.2, 0.25) is 0 Å². The summed E-state index contributed by atoms with van der Waals surface area (Å²) in [5.74, 6) is -0.163. The minimum atomic E-state index is -0.163. The molecule has 4 rings (SSSR count). The Morgan fingerprint density at radius 3 is 3.00 bits per heavy atom. The molecular weight excluding hydrogens is 348 g/mol. The van der Waals surface area contributed by atoms with E-state index in [2.05, 4.69) is 36.5 Å². The third kappa shape index (κ3) is 2.39. The molecule has 2 saturated heterocycles. The van der Waals surface area contributed by atoms with E-state index in [4.69, 9.17) is 4.74 Å². The molecule has 2 aliphatic heterocycles. The van der Waals surface area contributed by atoms with Gasteiger partial charge >= 0.3 is 0 Å². The highest BCUT2D eigenvalue weighted by Crippen LogP contribution is 2.29.